The number of hydrogen-bond acceptors (Lipinski definition) is 2. The molecule has 0 aromatic rings. The van der Waals surface area contributed by atoms with E-state index in [1.54, 1.807) is 0 Å². The largest absolute Gasteiger partial charge is 0.314 e. The summed E-state index contributed by atoms with van der Waals surface area (Å²) in [7, 11) is 2.34. The number of nitrogens with one attached hydrogen (secondary N) is 1. The summed E-state index contributed by atoms with van der Waals surface area (Å²) in [6.07, 6.45) is 12.7. The zero-order valence-electron chi connectivity index (χ0n) is 12.5. The van der Waals surface area contributed by atoms with Gasteiger partial charge in [-0.05, 0) is 77.4 Å². The SMILES string of the molecule is CC1CCC(N(C)CCCC2CCCCN2)CC1. The lowest BCUT2D eigenvalue weighted by molar-refractivity contribution is 0.165. The van der Waals surface area contributed by atoms with Crippen molar-refractivity contribution >= 4 is 0 Å². The van der Waals surface area contributed by atoms with Gasteiger partial charge in [-0.3, -0.25) is 0 Å². The van der Waals surface area contributed by atoms with Crippen molar-refractivity contribution in [1.82, 2.24) is 10.2 Å². The highest BCUT2D eigenvalue weighted by Gasteiger charge is 2.21. The highest BCUT2D eigenvalue weighted by molar-refractivity contribution is 4.77. The van der Waals surface area contributed by atoms with E-state index in [0.717, 1.165) is 18.0 Å². The van der Waals surface area contributed by atoms with Gasteiger partial charge in [0, 0.05) is 12.1 Å². The Hall–Kier alpha value is -0.0800. The summed E-state index contributed by atoms with van der Waals surface area (Å²) in [6.45, 7) is 4.96. The molecule has 1 aliphatic carbocycles. The van der Waals surface area contributed by atoms with Gasteiger partial charge < -0.3 is 10.2 Å². The summed E-state index contributed by atoms with van der Waals surface area (Å²) >= 11 is 0. The predicted molar refractivity (Wildman–Crippen MR) is 78.9 cm³/mol. The van der Waals surface area contributed by atoms with Crippen LogP contribution >= 0.6 is 0 Å². The first kappa shape index (κ1) is 14.3. The van der Waals surface area contributed by atoms with Crippen LogP contribution in [-0.4, -0.2) is 37.1 Å². The third-order valence-corrected chi connectivity index (χ3v) is 5.08. The van der Waals surface area contributed by atoms with Gasteiger partial charge in [0.15, 0.2) is 0 Å². The van der Waals surface area contributed by atoms with Crippen LogP contribution in [0.15, 0.2) is 0 Å². The van der Waals surface area contributed by atoms with Gasteiger partial charge in [0.05, 0.1) is 0 Å². The Morgan fingerprint density at radius 1 is 1.06 bits per heavy atom. The van der Waals surface area contributed by atoms with Crippen molar-refractivity contribution in [2.24, 2.45) is 5.92 Å². The van der Waals surface area contributed by atoms with Crippen molar-refractivity contribution in [3.8, 4) is 0 Å². The second-order valence-electron chi connectivity index (χ2n) is 6.68. The fourth-order valence-corrected chi connectivity index (χ4v) is 3.62. The van der Waals surface area contributed by atoms with Crippen molar-refractivity contribution in [3.63, 3.8) is 0 Å². The van der Waals surface area contributed by atoms with Crippen LogP contribution < -0.4 is 5.32 Å². The molecule has 1 saturated heterocycles. The van der Waals surface area contributed by atoms with Crippen molar-refractivity contribution in [2.75, 3.05) is 20.1 Å². The average Bonchev–Trinajstić information content (AvgIpc) is 2.40. The van der Waals surface area contributed by atoms with Crippen LogP contribution in [0.3, 0.4) is 0 Å². The molecule has 0 radical (unpaired) electrons. The van der Waals surface area contributed by atoms with Crippen molar-refractivity contribution in [1.29, 1.82) is 0 Å². The van der Waals surface area contributed by atoms with E-state index >= 15 is 0 Å². The highest BCUT2D eigenvalue weighted by Crippen LogP contribution is 2.26. The van der Waals surface area contributed by atoms with Gasteiger partial charge in [-0.25, -0.2) is 0 Å². The zero-order chi connectivity index (χ0) is 12.8. The van der Waals surface area contributed by atoms with Crippen LogP contribution in [0.2, 0.25) is 0 Å². The normalized spacial score (nSPS) is 33.8. The quantitative estimate of drug-likeness (QED) is 0.806. The molecule has 1 saturated carbocycles. The van der Waals surface area contributed by atoms with E-state index < -0.39 is 0 Å². The zero-order valence-corrected chi connectivity index (χ0v) is 12.5. The van der Waals surface area contributed by atoms with Crippen LogP contribution in [0.5, 0.6) is 0 Å². The summed E-state index contributed by atoms with van der Waals surface area (Å²) in [6, 6.07) is 1.69. The van der Waals surface area contributed by atoms with E-state index in [-0.39, 0.29) is 0 Å². The molecule has 1 aliphatic heterocycles. The molecule has 2 rings (SSSR count). The standard InChI is InChI=1S/C16H32N2/c1-14-8-10-16(11-9-14)18(2)13-5-7-15-6-3-4-12-17-15/h14-17H,3-13H2,1-2H3. The molecule has 1 N–H and O–H groups in total. The number of rotatable bonds is 5. The Labute approximate surface area is 114 Å². The molecule has 0 aromatic carbocycles. The summed E-state index contributed by atoms with van der Waals surface area (Å²) < 4.78 is 0. The topological polar surface area (TPSA) is 15.3 Å². The maximum absolute atomic E-state index is 3.66. The maximum atomic E-state index is 3.66. The molecule has 18 heavy (non-hydrogen) atoms. The number of nitrogens with zero attached hydrogens (tertiary/aromatic N) is 1. The summed E-state index contributed by atoms with van der Waals surface area (Å²) in [5, 5.41) is 3.66. The summed E-state index contributed by atoms with van der Waals surface area (Å²) in [5.41, 5.74) is 0. The fourth-order valence-electron chi connectivity index (χ4n) is 3.62. The molecule has 0 bridgehead atoms. The molecule has 1 atom stereocenters. The third kappa shape index (κ3) is 4.55. The molecule has 0 aromatic heterocycles. The lowest BCUT2D eigenvalue weighted by Gasteiger charge is -2.34. The average molecular weight is 252 g/mol. The van der Waals surface area contributed by atoms with Gasteiger partial charge >= 0.3 is 0 Å². The lowest BCUT2D eigenvalue weighted by atomic mass is 9.86. The van der Waals surface area contributed by atoms with Gasteiger partial charge in [-0.1, -0.05) is 13.3 Å². The van der Waals surface area contributed by atoms with Gasteiger partial charge in [0.2, 0.25) is 0 Å². The van der Waals surface area contributed by atoms with E-state index in [0.29, 0.717) is 0 Å². The van der Waals surface area contributed by atoms with Gasteiger partial charge in [-0.2, -0.15) is 0 Å². The van der Waals surface area contributed by atoms with Crippen molar-refractivity contribution < 1.29 is 0 Å². The van der Waals surface area contributed by atoms with Crippen molar-refractivity contribution in [3.05, 3.63) is 0 Å². The maximum Gasteiger partial charge on any atom is 0.00924 e. The van der Waals surface area contributed by atoms with E-state index in [2.05, 4.69) is 24.2 Å². The Morgan fingerprint density at radius 2 is 1.83 bits per heavy atom. The monoisotopic (exact) mass is 252 g/mol. The van der Waals surface area contributed by atoms with Crippen molar-refractivity contribution in [2.45, 2.75) is 76.8 Å². The number of piperidine rings is 1. The molecular weight excluding hydrogens is 220 g/mol. The molecule has 0 spiro atoms. The summed E-state index contributed by atoms with van der Waals surface area (Å²) in [5.74, 6) is 0.973. The van der Waals surface area contributed by atoms with Crippen LogP contribution in [0, 0.1) is 5.92 Å². The minimum absolute atomic E-state index is 0.818. The second-order valence-corrected chi connectivity index (χ2v) is 6.68. The Morgan fingerprint density at radius 3 is 2.50 bits per heavy atom. The van der Waals surface area contributed by atoms with E-state index in [1.807, 2.05) is 0 Å². The molecule has 2 nitrogen and oxygen atoms in total. The van der Waals surface area contributed by atoms with Crippen LogP contribution in [0.25, 0.3) is 0 Å². The smallest absolute Gasteiger partial charge is 0.00924 e. The first-order valence-electron chi connectivity index (χ1n) is 8.19. The van der Waals surface area contributed by atoms with E-state index in [9.17, 15) is 0 Å². The van der Waals surface area contributed by atoms with E-state index in [4.69, 9.17) is 0 Å². The Bertz CT molecular complexity index is 215. The Balaban J connectivity index is 1.57. The van der Waals surface area contributed by atoms with Gasteiger partial charge in [-0.15, -0.1) is 0 Å². The first-order chi connectivity index (χ1) is 8.75. The highest BCUT2D eigenvalue weighted by atomic mass is 15.1. The molecule has 0 amide bonds. The minimum atomic E-state index is 0.818. The molecule has 2 heteroatoms. The predicted octanol–water partition coefficient (Wildman–Crippen LogP) is 3.42. The Kier molecular flexibility index (Phi) is 5.97. The molecule has 2 aliphatic rings. The first-order valence-corrected chi connectivity index (χ1v) is 8.19. The third-order valence-electron chi connectivity index (χ3n) is 5.08. The molecule has 1 heterocycles. The molecular formula is C16H32N2. The molecule has 2 fully saturated rings. The van der Waals surface area contributed by atoms with Gasteiger partial charge in [0.1, 0.15) is 0 Å². The molecule has 1 unspecified atom stereocenters. The lowest BCUT2D eigenvalue weighted by Crippen LogP contribution is -2.37. The second kappa shape index (κ2) is 7.49. The van der Waals surface area contributed by atoms with E-state index in [1.165, 1.54) is 70.9 Å². The summed E-state index contributed by atoms with van der Waals surface area (Å²) in [4.78, 5) is 2.63. The number of hydrogen-bond donors (Lipinski definition) is 1. The van der Waals surface area contributed by atoms with Crippen LogP contribution in [-0.2, 0) is 0 Å². The van der Waals surface area contributed by atoms with Gasteiger partial charge in [0.25, 0.3) is 0 Å². The minimum Gasteiger partial charge on any atom is -0.314 e. The van der Waals surface area contributed by atoms with Crippen LogP contribution in [0.4, 0.5) is 0 Å². The van der Waals surface area contributed by atoms with Crippen LogP contribution in [0.1, 0.15) is 64.7 Å². The fraction of sp³-hybridized carbons (Fsp3) is 1.00. The molecule has 106 valence electrons.